The molecule has 0 aliphatic heterocycles. The standard InChI is InChI=1S/C13H5ClF13NO/c14-13(26,27)12(24,25)11(22,23)10(20,21)8(15,16)7(29)28-6-4-2-1-3-5(6)9(17,18)19/h1-4H,(H,28,29). The van der Waals surface area contributed by atoms with Crippen LogP contribution in [0.3, 0.4) is 0 Å². The molecule has 0 atom stereocenters. The SMILES string of the molecule is O=C(Nc1ccccc1C(F)(F)F)C(F)(F)C(F)(F)C(F)(F)C(F)(F)C(F)(F)Cl. The number of carbonyl (C=O) groups is 1. The van der Waals surface area contributed by atoms with E-state index in [1.807, 2.05) is 0 Å². The number of alkyl halides is 14. The second kappa shape index (κ2) is 7.09. The monoisotopic (exact) mass is 473 g/mol. The van der Waals surface area contributed by atoms with Gasteiger partial charge in [0.25, 0.3) is 0 Å². The van der Waals surface area contributed by atoms with Gasteiger partial charge in [0.1, 0.15) is 0 Å². The first-order valence-corrected chi connectivity index (χ1v) is 7.06. The molecule has 0 radical (unpaired) electrons. The summed E-state index contributed by atoms with van der Waals surface area (Å²) in [5.41, 5.74) is -3.52. The van der Waals surface area contributed by atoms with Gasteiger partial charge >= 0.3 is 41.2 Å². The van der Waals surface area contributed by atoms with E-state index in [1.165, 1.54) is 0 Å². The first kappa shape index (κ1) is 25.1. The molecule has 0 aliphatic rings. The van der Waals surface area contributed by atoms with Gasteiger partial charge < -0.3 is 5.32 Å². The Bertz CT molecular complexity index is 769. The highest BCUT2D eigenvalue weighted by Gasteiger charge is 2.87. The first-order valence-electron chi connectivity index (χ1n) is 6.68. The first-order chi connectivity index (χ1) is 12.6. The van der Waals surface area contributed by atoms with Crippen molar-refractivity contribution in [1.29, 1.82) is 0 Å². The van der Waals surface area contributed by atoms with E-state index in [2.05, 4.69) is 11.6 Å². The van der Waals surface area contributed by atoms with Gasteiger partial charge in [0, 0.05) is 0 Å². The van der Waals surface area contributed by atoms with Crippen molar-refractivity contribution in [2.75, 3.05) is 5.32 Å². The van der Waals surface area contributed by atoms with E-state index in [0.29, 0.717) is 17.4 Å². The lowest BCUT2D eigenvalue weighted by molar-refractivity contribution is -0.381. The van der Waals surface area contributed by atoms with Gasteiger partial charge in [-0.25, -0.2) is 0 Å². The molecule has 0 saturated heterocycles. The molecule has 0 unspecified atom stereocenters. The highest BCUT2D eigenvalue weighted by atomic mass is 35.5. The lowest BCUT2D eigenvalue weighted by Gasteiger charge is -2.37. The number of amides is 1. The largest absolute Gasteiger partial charge is 0.418 e. The third-order valence-corrected chi connectivity index (χ3v) is 3.54. The van der Waals surface area contributed by atoms with Crippen LogP contribution in [-0.2, 0) is 11.0 Å². The normalized spacial score (nSPS) is 14.7. The Morgan fingerprint density at radius 1 is 0.724 bits per heavy atom. The minimum atomic E-state index is -7.62. The molecule has 166 valence electrons. The number of hydrogen-bond acceptors (Lipinski definition) is 1. The van der Waals surface area contributed by atoms with Crippen LogP contribution < -0.4 is 5.32 Å². The van der Waals surface area contributed by atoms with Crippen molar-refractivity contribution in [1.82, 2.24) is 0 Å². The van der Waals surface area contributed by atoms with Gasteiger partial charge in [-0.1, -0.05) is 12.1 Å². The van der Waals surface area contributed by atoms with Crippen LogP contribution in [0.1, 0.15) is 5.56 Å². The molecule has 29 heavy (non-hydrogen) atoms. The van der Waals surface area contributed by atoms with Crippen molar-refractivity contribution in [3.63, 3.8) is 0 Å². The molecule has 1 amide bonds. The summed E-state index contributed by atoms with van der Waals surface area (Å²) in [7, 11) is 0. The molecule has 0 aromatic heterocycles. The van der Waals surface area contributed by atoms with Crippen LogP contribution >= 0.6 is 11.6 Å². The fourth-order valence-electron chi connectivity index (χ4n) is 1.76. The molecular formula is C13H5ClF13NO. The molecule has 2 nitrogen and oxygen atoms in total. The summed E-state index contributed by atoms with van der Waals surface area (Å²) >= 11 is 3.58. The van der Waals surface area contributed by atoms with Crippen molar-refractivity contribution in [2.24, 2.45) is 0 Å². The van der Waals surface area contributed by atoms with Crippen LogP contribution in [0.25, 0.3) is 0 Å². The van der Waals surface area contributed by atoms with Gasteiger partial charge in [-0.2, -0.15) is 57.1 Å². The summed E-state index contributed by atoms with van der Waals surface area (Å²) in [5.74, 6) is -32.9. The predicted molar refractivity (Wildman–Crippen MR) is 70.7 cm³/mol. The van der Waals surface area contributed by atoms with Crippen molar-refractivity contribution in [3.05, 3.63) is 29.8 Å². The predicted octanol–water partition coefficient (Wildman–Crippen LogP) is 6.02. The van der Waals surface area contributed by atoms with Gasteiger partial charge in [0.05, 0.1) is 11.3 Å². The molecule has 0 bridgehead atoms. The van der Waals surface area contributed by atoms with Gasteiger partial charge in [0.2, 0.25) is 0 Å². The number of nitrogens with one attached hydrogen (secondary N) is 1. The molecule has 1 aromatic rings. The number of hydrogen-bond donors (Lipinski definition) is 1. The average molecular weight is 474 g/mol. The zero-order valence-electron chi connectivity index (χ0n) is 13.0. The van der Waals surface area contributed by atoms with E-state index >= 15 is 0 Å². The van der Waals surface area contributed by atoms with Crippen molar-refractivity contribution < 1.29 is 61.9 Å². The number of rotatable bonds is 6. The van der Waals surface area contributed by atoms with E-state index < -0.39 is 52.4 Å². The van der Waals surface area contributed by atoms with Crippen LogP contribution in [0.2, 0.25) is 0 Å². The Hall–Kier alpha value is -1.93. The van der Waals surface area contributed by atoms with E-state index in [9.17, 15) is 61.9 Å². The van der Waals surface area contributed by atoms with Crippen LogP contribution in [0.15, 0.2) is 24.3 Å². The van der Waals surface area contributed by atoms with Crippen LogP contribution in [-0.4, -0.2) is 35.0 Å². The maximum atomic E-state index is 13.6. The van der Waals surface area contributed by atoms with Gasteiger partial charge in [0.15, 0.2) is 0 Å². The number of para-hydroxylation sites is 1. The third kappa shape index (κ3) is 4.05. The fourth-order valence-corrected chi connectivity index (χ4v) is 1.87. The second-order valence-electron chi connectivity index (χ2n) is 5.29. The van der Waals surface area contributed by atoms with Gasteiger partial charge in [-0.05, 0) is 23.7 Å². The molecular weight excluding hydrogens is 469 g/mol. The zero-order chi connectivity index (χ0) is 23.3. The summed E-state index contributed by atoms with van der Waals surface area (Å²) in [6.07, 6.45) is -5.35. The maximum Gasteiger partial charge on any atom is 0.418 e. The quantitative estimate of drug-likeness (QED) is 0.397. The molecule has 1 N–H and O–H groups in total. The highest BCUT2D eigenvalue weighted by Crippen LogP contribution is 2.58. The topological polar surface area (TPSA) is 29.1 Å². The molecule has 1 aromatic carbocycles. The van der Waals surface area contributed by atoms with E-state index in [-0.39, 0.29) is 12.1 Å². The summed E-state index contributed by atoms with van der Waals surface area (Å²) in [6.45, 7) is 0. The van der Waals surface area contributed by atoms with E-state index in [4.69, 9.17) is 0 Å². The Morgan fingerprint density at radius 3 is 1.59 bits per heavy atom. The molecule has 0 heterocycles. The van der Waals surface area contributed by atoms with Crippen molar-refractivity contribution >= 4 is 23.2 Å². The Morgan fingerprint density at radius 2 is 1.17 bits per heavy atom. The Labute approximate surface area is 156 Å². The molecule has 0 aliphatic carbocycles. The van der Waals surface area contributed by atoms with Crippen LogP contribution in [0, 0.1) is 0 Å². The minimum absolute atomic E-state index is 0.169. The zero-order valence-corrected chi connectivity index (χ0v) is 13.8. The number of halogens is 14. The second-order valence-corrected chi connectivity index (χ2v) is 5.77. The Balaban J connectivity index is 3.39. The lowest BCUT2D eigenvalue weighted by atomic mass is 9.97. The smallest absolute Gasteiger partial charge is 0.320 e. The van der Waals surface area contributed by atoms with Crippen molar-refractivity contribution in [3.8, 4) is 0 Å². The fraction of sp³-hybridized carbons (Fsp3) is 0.462. The minimum Gasteiger partial charge on any atom is -0.320 e. The summed E-state index contributed by atoms with van der Waals surface area (Å²) in [6, 6.07) is 1.76. The molecule has 1 rings (SSSR count). The van der Waals surface area contributed by atoms with Crippen LogP contribution in [0.5, 0.6) is 0 Å². The van der Waals surface area contributed by atoms with E-state index in [0.717, 1.165) is 0 Å². The molecule has 0 saturated carbocycles. The third-order valence-electron chi connectivity index (χ3n) is 3.30. The van der Waals surface area contributed by atoms with E-state index in [1.54, 1.807) is 0 Å². The van der Waals surface area contributed by atoms with Crippen molar-refractivity contribution in [2.45, 2.75) is 35.2 Å². The number of carbonyl (C=O) groups excluding carboxylic acids is 1. The Kier molecular flexibility index (Phi) is 6.14. The summed E-state index contributed by atoms with van der Waals surface area (Å²) in [5, 5.41) is -5.92. The highest BCUT2D eigenvalue weighted by molar-refractivity contribution is 6.22. The van der Waals surface area contributed by atoms with Crippen LogP contribution in [0.4, 0.5) is 62.8 Å². The van der Waals surface area contributed by atoms with Gasteiger partial charge in [-0.15, -0.1) is 0 Å². The molecule has 16 heteroatoms. The number of anilines is 1. The lowest BCUT2D eigenvalue weighted by Crippen LogP contribution is -2.68. The molecule has 0 fully saturated rings. The molecule has 0 spiro atoms. The summed E-state index contributed by atoms with van der Waals surface area (Å²) in [4.78, 5) is 11.3. The maximum absolute atomic E-state index is 13.6. The van der Waals surface area contributed by atoms with Gasteiger partial charge in [-0.3, -0.25) is 4.79 Å². The average Bonchev–Trinajstić information content (AvgIpc) is 2.52. The number of benzene rings is 1. The summed E-state index contributed by atoms with van der Waals surface area (Å²) < 4.78 is 169.